The molecule has 2 aliphatic carbocycles. The van der Waals surface area contributed by atoms with Crippen LogP contribution in [0.1, 0.15) is 19.3 Å². The van der Waals surface area contributed by atoms with E-state index in [2.05, 4.69) is 12.6 Å². The van der Waals surface area contributed by atoms with Gasteiger partial charge in [0.05, 0.1) is 0 Å². The van der Waals surface area contributed by atoms with Crippen LogP contribution >= 0.6 is 12.6 Å². The second-order valence-electron chi connectivity index (χ2n) is 3.46. The second kappa shape index (κ2) is 1.89. The van der Waals surface area contributed by atoms with Gasteiger partial charge in [-0.15, -0.1) is 0 Å². The van der Waals surface area contributed by atoms with Crippen molar-refractivity contribution in [2.45, 2.75) is 30.6 Å². The lowest BCUT2D eigenvalue weighted by molar-refractivity contribution is 0.428. The van der Waals surface area contributed by atoms with Gasteiger partial charge in [-0.3, -0.25) is 0 Å². The van der Waals surface area contributed by atoms with Crippen LogP contribution in [0.15, 0.2) is 0 Å². The van der Waals surface area contributed by atoms with Crippen molar-refractivity contribution in [2.24, 2.45) is 17.6 Å². The Morgan fingerprint density at radius 2 is 1.89 bits per heavy atom. The molecule has 2 rings (SSSR count). The lowest BCUT2D eigenvalue weighted by Crippen LogP contribution is -2.29. The molecule has 4 atom stereocenters. The molecule has 2 saturated carbocycles. The first-order chi connectivity index (χ1) is 4.27. The number of nitrogens with two attached hydrogens (primary N) is 1. The quantitative estimate of drug-likeness (QED) is 0.487. The zero-order valence-electron chi connectivity index (χ0n) is 5.46. The van der Waals surface area contributed by atoms with Crippen LogP contribution in [0.2, 0.25) is 0 Å². The maximum absolute atomic E-state index is 5.85. The Morgan fingerprint density at radius 3 is 2.22 bits per heavy atom. The molecule has 0 aromatic carbocycles. The van der Waals surface area contributed by atoms with Crippen LogP contribution in [-0.2, 0) is 0 Å². The summed E-state index contributed by atoms with van der Waals surface area (Å²) in [5.41, 5.74) is 5.85. The molecule has 4 unspecified atom stereocenters. The summed E-state index contributed by atoms with van der Waals surface area (Å²) in [6.45, 7) is 0. The highest BCUT2D eigenvalue weighted by molar-refractivity contribution is 7.81. The van der Waals surface area contributed by atoms with Crippen LogP contribution in [0, 0.1) is 11.8 Å². The summed E-state index contributed by atoms with van der Waals surface area (Å²) in [5.74, 6) is 1.67. The van der Waals surface area contributed by atoms with Gasteiger partial charge in [-0.1, -0.05) is 0 Å². The highest BCUT2D eigenvalue weighted by atomic mass is 32.1. The molecule has 0 spiro atoms. The van der Waals surface area contributed by atoms with Crippen LogP contribution in [-0.4, -0.2) is 11.3 Å². The summed E-state index contributed by atoms with van der Waals surface area (Å²) >= 11 is 4.48. The molecule has 2 N–H and O–H groups in total. The molecule has 0 heterocycles. The van der Waals surface area contributed by atoms with E-state index in [0.717, 1.165) is 11.8 Å². The first-order valence-electron chi connectivity index (χ1n) is 3.71. The molecule has 1 nitrogen and oxygen atoms in total. The van der Waals surface area contributed by atoms with Gasteiger partial charge in [-0.2, -0.15) is 12.6 Å². The fourth-order valence-electron chi connectivity index (χ4n) is 2.29. The zero-order chi connectivity index (χ0) is 6.43. The molecule has 9 heavy (non-hydrogen) atoms. The molecule has 0 saturated heterocycles. The summed E-state index contributed by atoms with van der Waals surface area (Å²) in [6, 6.07) is 0.512. The molecule has 2 heteroatoms. The van der Waals surface area contributed by atoms with E-state index in [1.54, 1.807) is 0 Å². The minimum atomic E-state index is 0.512. The van der Waals surface area contributed by atoms with Gasteiger partial charge >= 0.3 is 0 Å². The predicted octanol–water partition coefficient (Wildman–Crippen LogP) is 1.04. The summed E-state index contributed by atoms with van der Waals surface area (Å²) in [5, 5.41) is 0.676. The first kappa shape index (κ1) is 6.05. The highest BCUT2D eigenvalue weighted by Gasteiger charge is 2.42. The molecular weight excluding hydrogens is 130 g/mol. The lowest BCUT2D eigenvalue weighted by atomic mass is 9.96. The average Bonchev–Trinajstić information content (AvgIpc) is 2.24. The first-order valence-corrected chi connectivity index (χ1v) is 4.22. The van der Waals surface area contributed by atoms with Gasteiger partial charge in [0.25, 0.3) is 0 Å². The SMILES string of the molecule is NC1CC2CC1CC2S. The monoisotopic (exact) mass is 143 g/mol. The molecule has 0 radical (unpaired) electrons. The molecule has 0 aromatic heterocycles. The van der Waals surface area contributed by atoms with E-state index >= 15 is 0 Å². The van der Waals surface area contributed by atoms with Gasteiger partial charge in [-0.25, -0.2) is 0 Å². The predicted molar refractivity (Wildman–Crippen MR) is 41.6 cm³/mol. The molecular formula is C7H13NS. The summed E-state index contributed by atoms with van der Waals surface area (Å²) in [7, 11) is 0. The molecule has 52 valence electrons. The molecule has 2 fully saturated rings. The van der Waals surface area contributed by atoms with E-state index < -0.39 is 0 Å². The Balaban J connectivity index is 2.10. The summed E-state index contributed by atoms with van der Waals surface area (Å²) < 4.78 is 0. The second-order valence-corrected chi connectivity index (χ2v) is 4.12. The Hall–Kier alpha value is 0.310. The van der Waals surface area contributed by atoms with Gasteiger partial charge in [0.15, 0.2) is 0 Å². The third-order valence-corrected chi connectivity index (χ3v) is 3.51. The number of hydrogen-bond donors (Lipinski definition) is 2. The number of hydrogen-bond acceptors (Lipinski definition) is 2. The van der Waals surface area contributed by atoms with Crippen molar-refractivity contribution in [3.8, 4) is 0 Å². The molecule has 0 aliphatic heterocycles. The fourth-order valence-corrected chi connectivity index (χ4v) is 2.80. The van der Waals surface area contributed by atoms with E-state index in [-0.39, 0.29) is 0 Å². The van der Waals surface area contributed by atoms with Crippen molar-refractivity contribution in [1.29, 1.82) is 0 Å². The lowest BCUT2D eigenvalue weighted by Gasteiger charge is -2.21. The maximum atomic E-state index is 5.85. The third-order valence-electron chi connectivity index (χ3n) is 2.87. The average molecular weight is 143 g/mol. The minimum Gasteiger partial charge on any atom is -0.327 e. The Bertz CT molecular complexity index is 108. The van der Waals surface area contributed by atoms with Gasteiger partial charge in [0.1, 0.15) is 0 Å². The highest BCUT2D eigenvalue weighted by Crippen LogP contribution is 2.45. The van der Waals surface area contributed by atoms with E-state index in [1.807, 2.05) is 0 Å². The van der Waals surface area contributed by atoms with Crippen LogP contribution < -0.4 is 5.73 Å². The smallest absolute Gasteiger partial charge is 0.00707 e. The number of fused-ring (bicyclic) bond motifs is 2. The molecule has 0 aromatic rings. The minimum absolute atomic E-state index is 0.512. The van der Waals surface area contributed by atoms with Crippen LogP contribution in [0.25, 0.3) is 0 Å². The van der Waals surface area contributed by atoms with Crippen molar-refractivity contribution in [3.63, 3.8) is 0 Å². The normalized spacial score (nSPS) is 56.7. The maximum Gasteiger partial charge on any atom is 0.00707 e. The molecule has 2 bridgehead atoms. The van der Waals surface area contributed by atoms with Crippen molar-refractivity contribution in [1.82, 2.24) is 0 Å². The molecule has 2 aliphatic rings. The summed E-state index contributed by atoms with van der Waals surface area (Å²) in [6.07, 6.45) is 3.86. The zero-order valence-corrected chi connectivity index (χ0v) is 6.35. The van der Waals surface area contributed by atoms with Gasteiger partial charge < -0.3 is 5.73 Å². The van der Waals surface area contributed by atoms with Crippen LogP contribution in [0.3, 0.4) is 0 Å². The Labute approximate surface area is 61.4 Å². The Morgan fingerprint density at radius 1 is 1.11 bits per heavy atom. The topological polar surface area (TPSA) is 26.0 Å². The van der Waals surface area contributed by atoms with E-state index in [0.29, 0.717) is 11.3 Å². The van der Waals surface area contributed by atoms with Crippen molar-refractivity contribution in [3.05, 3.63) is 0 Å². The fraction of sp³-hybridized carbons (Fsp3) is 1.00. The van der Waals surface area contributed by atoms with Gasteiger partial charge in [0, 0.05) is 11.3 Å². The van der Waals surface area contributed by atoms with Crippen LogP contribution in [0.5, 0.6) is 0 Å². The van der Waals surface area contributed by atoms with E-state index in [1.165, 1.54) is 19.3 Å². The number of rotatable bonds is 0. The van der Waals surface area contributed by atoms with Crippen molar-refractivity contribution < 1.29 is 0 Å². The van der Waals surface area contributed by atoms with Crippen molar-refractivity contribution >= 4 is 12.6 Å². The number of thiol groups is 1. The summed E-state index contributed by atoms with van der Waals surface area (Å²) in [4.78, 5) is 0. The van der Waals surface area contributed by atoms with E-state index in [4.69, 9.17) is 5.73 Å². The van der Waals surface area contributed by atoms with Crippen LogP contribution in [0.4, 0.5) is 0 Å². The van der Waals surface area contributed by atoms with Gasteiger partial charge in [0.2, 0.25) is 0 Å². The largest absolute Gasteiger partial charge is 0.327 e. The van der Waals surface area contributed by atoms with Crippen molar-refractivity contribution in [2.75, 3.05) is 0 Å². The van der Waals surface area contributed by atoms with E-state index in [9.17, 15) is 0 Å². The van der Waals surface area contributed by atoms with Gasteiger partial charge in [-0.05, 0) is 31.1 Å². The Kier molecular flexibility index (Phi) is 1.27. The molecule has 0 amide bonds. The standard InChI is InChI=1S/C7H13NS/c8-6-2-5-1-4(6)3-7(5)9/h4-7,9H,1-3,8H2. The third kappa shape index (κ3) is 0.802.